The molecule has 0 aliphatic heterocycles. The molecule has 0 aromatic carbocycles. The summed E-state index contributed by atoms with van der Waals surface area (Å²) >= 11 is 0. The van der Waals surface area contributed by atoms with Gasteiger partial charge in [0.15, 0.2) is 0 Å². The van der Waals surface area contributed by atoms with Crippen LogP contribution in [0.25, 0.3) is 0 Å². The van der Waals surface area contributed by atoms with Gasteiger partial charge in [-0.2, -0.15) is 0 Å². The minimum Gasteiger partial charge on any atom is -0.411 e. The zero-order valence-corrected chi connectivity index (χ0v) is 23.2. The molecule has 0 heterocycles. The van der Waals surface area contributed by atoms with Gasteiger partial charge >= 0.3 is 0 Å². The monoisotopic (exact) mass is 465 g/mol. The quantitative estimate of drug-likeness (QED) is 0.0529. The van der Waals surface area contributed by atoms with Crippen molar-refractivity contribution in [1.29, 1.82) is 0 Å². The molecule has 198 valence electrons. The summed E-state index contributed by atoms with van der Waals surface area (Å²) in [6.45, 7) is 4.57. The van der Waals surface area contributed by atoms with Crippen LogP contribution < -0.4 is 0 Å². The van der Waals surface area contributed by atoms with E-state index in [1.54, 1.807) is 0 Å². The van der Waals surface area contributed by atoms with Crippen LogP contribution >= 0.6 is 0 Å². The van der Waals surface area contributed by atoms with Gasteiger partial charge in [0.25, 0.3) is 0 Å². The molecule has 0 saturated heterocycles. The summed E-state index contributed by atoms with van der Waals surface area (Å²) < 4.78 is 0. The molecule has 0 radical (unpaired) electrons. The second-order valence-electron chi connectivity index (χ2n) is 10.7. The fraction of sp³-hybridized carbons (Fsp3) is 0.968. The van der Waals surface area contributed by atoms with E-state index in [1.165, 1.54) is 167 Å². The van der Waals surface area contributed by atoms with E-state index >= 15 is 0 Å². The van der Waals surface area contributed by atoms with Gasteiger partial charge < -0.3 is 5.21 Å². The molecular formula is C31H63NO. The second kappa shape index (κ2) is 29.5. The minimum absolute atomic E-state index is 1.01. The van der Waals surface area contributed by atoms with Gasteiger partial charge in [-0.05, 0) is 25.7 Å². The van der Waals surface area contributed by atoms with Crippen LogP contribution in [0.3, 0.4) is 0 Å². The molecule has 0 aliphatic rings. The number of rotatable bonds is 28. The second-order valence-corrected chi connectivity index (χ2v) is 10.7. The Kier molecular flexibility index (Phi) is 29.0. The lowest BCUT2D eigenvalue weighted by Crippen LogP contribution is -1.99. The molecule has 0 amide bonds. The fourth-order valence-electron chi connectivity index (χ4n) is 4.92. The van der Waals surface area contributed by atoms with E-state index in [-0.39, 0.29) is 0 Å². The van der Waals surface area contributed by atoms with E-state index in [0.717, 1.165) is 18.6 Å². The van der Waals surface area contributed by atoms with Gasteiger partial charge in [0, 0.05) is 0 Å². The van der Waals surface area contributed by atoms with Gasteiger partial charge in [0.1, 0.15) is 0 Å². The van der Waals surface area contributed by atoms with E-state index in [0.29, 0.717) is 0 Å². The fourth-order valence-corrected chi connectivity index (χ4v) is 4.92. The van der Waals surface area contributed by atoms with Crippen LogP contribution in [0.15, 0.2) is 5.16 Å². The van der Waals surface area contributed by atoms with Crippen LogP contribution in [-0.2, 0) is 0 Å². The van der Waals surface area contributed by atoms with E-state index in [2.05, 4.69) is 19.0 Å². The predicted molar refractivity (Wildman–Crippen MR) is 150 cm³/mol. The molecule has 0 bridgehead atoms. The highest BCUT2D eigenvalue weighted by Crippen LogP contribution is 2.16. The number of unbranched alkanes of at least 4 members (excludes halogenated alkanes) is 24. The summed E-state index contributed by atoms with van der Waals surface area (Å²) in [5, 5.41) is 12.9. The van der Waals surface area contributed by atoms with Gasteiger partial charge in [-0.1, -0.05) is 173 Å². The molecule has 0 rings (SSSR count). The Bertz CT molecular complexity index is 379. The van der Waals surface area contributed by atoms with Gasteiger partial charge in [-0.3, -0.25) is 0 Å². The van der Waals surface area contributed by atoms with Crippen LogP contribution in [-0.4, -0.2) is 10.9 Å². The Morgan fingerprint density at radius 3 is 0.788 bits per heavy atom. The highest BCUT2D eigenvalue weighted by Gasteiger charge is 2.02. The highest BCUT2D eigenvalue weighted by atomic mass is 16.4. The smallest absolute Gasteiger partial charge is 0.0570 e. The first-order valence-corrected chi connectivity index (χ1v) is 15.5. The number of hydrogen-bond acceptors (Lipinski definition) is 2. The van der Waals surface area contributed by atoms with E-state index in [1.807, 2.05) is 0 Å². The lowest BCUT2D eigenvalue weighted by molar-refractivity contribution is 0.315. The van der Waals surface area contributed by atoms with Crippen LogP contribution in [0, 0.1) is 0 Å². The molecule has 2 nitrogen and oxygen atoms in total. The van der Waals surface area contributed by atoms with Crippen LogP contribution in [0.2, 0.25) is 0 Å². The molecule has 2 heteroatoms. The van der Waals surface area contributed by atoms with Crippen molar-refractivity contribution >= 4 is 5.71 Å². The van der Waals surface area contributed by atoms with Gasteiger partial charge in [0.2, 0.25) is 0 Å². The molecular weight excluding hydrogens is 402 g/mol. The van der Waals surface area contributed by atoms with Gasteiger partial charge in [-0.25, -0.2) is 0 Å². The normalized spacial score (nSPS) is 12.0. The Hall–Kier alpha value is -0.530. The number of nitrogens with zero attached hydrogens (tertiary/aromatic N) is 1. The number of hydrogen-bond donors (Lipinski definition) is 1. The maximum Gasteiger partial charge on any atom is 0.0570 e. The average Bonchev–Trinajstić information content (AvgIpc) is 2.83. The predicted octanol–water partition coefficient (Wildman–Crippen LogP) is 11.8. The summed E-state index contributed by atoms with van der Waals surface area (Å²) in [6, 6.07) is 0. The third-order valence-electron chi connectivity index (χ3n) is 7.28. The molecule has 0 saturated carbocycles. The Morgan fingerprint density at radius 2 is 0.576 bits per heavy atom. The Morgan fingerprint density at radius 1 is 0.364 bits per heavy atom. The summed E-state index contributed by atoms with van der Waals surface area (Å²) in [4.78, 5) is 0. The molecule has 33 heavy (non-hydrogen) atoms. The van der Waals surface area contributed by atoms with Crippen LogP contribution in [0.4, 0.5) is 0 Å². The molecule has 0 aromatic rings. The van der Waals surface area contributed by atoms with Crippen molar-refractivity contribution in [2.75, 3.05) is 0 Å². The van der Waals surface area contributed by atoms with Crippen molar-refractivity contribution in [3.63, 3.8) is 0 Å². The largest absolute Gasteiger partial charge is 0.411 e. The molecule has 0 aromatic heterocycles. The first kappa shape index (κ1) is 32.5. The van der Waals surface area contributed by atoms with Crippen molar-refractivity contribution in [2.45, 2.75) is 194 Å². The number of oxime groups is 1. The van der Waals surface area contributed by atoms with E-state index in [9.17, 15) is 5.21 Å². The van der Waals surface area contributed by atoms with Gasteiger partial charge in [-0.15, -0.1) is 0 Å². The van der Waals surface area contributed by atoms with Crippen LogP contribution in [0.1, 0.15) is 194 Å². The summed E-state index contributed by atoms with van der Waals surface area (Å²) in [7, 11) is 0. The standard InChI is InChI=1S/C31H63NO/c1-3-5-7-9-11-13-14-15-16-17-18-19-20-22-24-26-28-30-31(32-33)29-27-25-23-21-12-10-8-6-4-2/h33H,3-30H2,1-2H3. The minimum atomic E-state index is 1.01. The Balaban J connectivity index is 3.25. The van der Waals surface area contributed by atoms with Crippen molar-refractivity contribution in [3.05, 3.63) is 0 Å². The van der Waals surface area contributed by atoms with Crippen molar-refractivity contribution in [3.8, 4) is 0 Å². The third kappa shape index (κ3) is 27.6. The topological polar surface area (TPSA) is 32.6 Å². The van der Waals surface area contributed by atoms with Crippen LogP contribution in [0.5, 0.6) is 0 Å². The first-order valence-electron chi connectivity index (χ1n) is 15.5. The summed E-state index contributed by atoms with van der Waals surface area (Å²) in [5.41, 5.74) is 1.04. The highest BCUT2D eigenvalue weighted by molar-refractivity contribution is 5.83. The average molecular weight is 466 g/mol. The summed E-state index contributed by atoms with van der Waals surface area (Å²) in [6.07, 6.45) is 38.2. The lowest BCUT2D eigenvalue weighted by atomic mass is 10.0. The van der Waals surface area contributed by atoms with E-state index in [4.69, 9.17) is 0 Å². The van der Waals surface area contributed by atoms with Gasteiger partial charge in [0.05, 0.1) is 5.71 Å². The zero-order chi connectivity index (χ0) is 24.1. The van der Waals surface area contributed by atoms with Crippen molar-refractivity contribution < 1.29 is 5.21 Å². The third-order valence-corrected chi connectivity index (χ3v) is 7.28. The molecule has 0 spiro atoms. The zero-order valence-electron chi connectivity index (χ0n) is 23.2. The van der Waals surface area contributed by atoms with Crippen molar-refractivity contribution in [1.82, 2.24) is 0 Å². The van der Waals surface area contributed by atoms with Crippen molar-refractivity contribution in [2.24, 2.45) is 5.16 Å². The lowest BCUT2D eigenvalue weighted by Gasteiger charge is -2.06. The molecule has 1 N–H and O–H groups in total. The first-order chi connectivity index (χ1) is 16.3. The molecule has 0 unspecified atom stereocenters. The molecule has 0 fully saturated rings. The Labute approximate surface area is 209 Å². The van der Waals surface area contributed by atoms with E-state index < -0.39 is 0 Å². The SMILES string of the molecule is CCCCCCCCCCCCCCCCCCCC(CCCCCCCCCCC)=NO. The maximum absolute atomic E-state index is 9.27. The molecule has 0 atom stereocenters. The summed E-state index contributed by atoms with van der Waals surface area (Å²) in [5.74, 6) is 0. The maximum atomic E-state index is 9.27. The molecule has 0 aliphatic carbocycles.